The second-order valence-electron chi connectivity index (χ2n) is 2.39. The van der Waals surface area contributed by atoms with Crippen molar-refractivity contribution in [2.45, 2.75) is 25.8 Å². The van der Waals surface area contributed by atoms with Crippen LogP contribution in [0.5, 0.6) is 0 Å². The molecule has 0 aromatic rings. The third-order valence-electron chi connectivity index (χ3n) is 1.57. The molecule has 0 rings (SSSR count). The molecule has 0 aromatic carbocycles. The van der Waals surface area contributed by atoms with Crippen LogP contribution in [-0.4, -0.2) is 24.6 Å². The Labute approximate surface area is 74.3 Å². The van der Waals surface area contributed by atoms with Crippen LogP contribution in [0, 0.1) is 12.3 Å². The van der Waals surface area contributed by atoms with Gasteiger partial charge >= 0.3 is 0 Å². The minimum Gasteiger partial charge on any atom is -0.316 e. The Morgan fingerprint density at radius 2 is 2.36 bits per heavy atom. The van der Waals surface area contributed by atoms with E-state index in [9.17, 15) is 0 Å². The van der Waals surface area contributed by atoms with Crippen molar-refractivity contribution in [2.75, 3.05) is 18.6 Å². The summed E-state index contributed by atoms with van der Waals surface area (Å²) in [6.45, 7) is 2.18. The summed E-state index contributed by atoms with van der Waals surface area (Å²) in [7, 11) is 2.00. The zero-order chi connectivity index (χ0) is 8.53. The molecule has 2 heteroatoms. The summed E-state index contributed by atoms with van der Waals surface area (Å²) in [4.78, 5) is 0. The van der Waals surface area contributed by atoms with Crippen molar-refractivity contribution >= 4 is 11.8 Å². The Morgan fingerprint density at radius 3 is 2.82 bits per heavy atom. The molecule has 64 valence electrons. The van der Waals surface area contributed by atoms with E-state index < -0.39 is 0 Å². The SMILES string of the molecule is C#CCCC(CSCC)NC. The second-order valence-corrected chi connectivity index (χ2v) is 3.71. The zero-order valence-corrected chi connectivity index (χ0v) is 8.21. The number of nitrogens with one attached hydrogen (secondary N) is 1. The number of hydrogen-bond acceptors (Lipinski definition) is 2. The maximum atomic E-state index is 5.18. The quantitative estimate of drug-likeness (QED) is 0.611. The van der Waals surface area contributed by atoms with Crippen LogP contribution in [0.4, 0.5) is 0 Å². The van der Waals surface area contributed by atoms with E-state index in [4.69, 9.17) is 6.42 Å². The summed E-state index contributed by atoms with van der Waals surface area (Å²) in [6.07, 6.45) is 7.16. The zero-order valence-electron chi connectivity index (χ0n) is 7.39. The summed E-state index contributed by atoms with van der Waals surface area (Å²) in [5.74, 6) is 5.02. The Hall–Kier alpha value is -0.130. The molecule has 1 atom stereocenters. The van der Waals surface area contributed by atoms with Crippen LogP contribution in [0.2, 0.25) is 0 Å². The van der Waals surface area contributed by atoms with E-state index in [0.717, 1.165) is 12.8 Å². The van der Waals surface area contributed by atoms with E-state index in [2.05, 4.69) is 18.2 Å². The van der Waals surface area contributed by atoms with Crippen LogP contribution < -0.4 is 5.32 Å². The van der Waals surface area contributed by atoms with Crippen molar-refractivity contribution in [3.63, 3.8) is 0 Å². The fourth-order valence-electron chi connectivity index (χ4n) is 0.829. The van der Waals surface area contributed by atoms with E-state index in [0.29, 0.717) is 6.04 Å². The lowest BCUT2D eigenvalue weighted by molar-refractivity contribution is 0.583. The first-order valence-corrected chi connectivity index (χ1v) is 5.19. The summed E-state index contributed by atoms with van der Waals surface area (Å²) < 4.78 is 0. The first-order valence-electron chi connectivity index (χ1n) is 4.03. The smallest absolute Gasteiger partial charge is 0.0164 e. The standard InChI is InChI=1S/C9H17NS/c1-4-6-7-9(10-3)8-11-5-2/h1,9-10H,5-8H2,2-3H3. The van der Waals surface area contributed by atoms with E-state index in [1.54, 1.807) is 0 Å². The van der Waals surface area contributed by atoms with Crippen LogP contribution in [0.15, 0.2) is 0 Å². The minimum atomic E-state index is 0.594. The monoisotopic (exact) mass is 171 g/mol. The molecule has 11 heavy (non-hydrogen) atoms. The molecule has 0 amide bonds. The van der Waals surface area contributed by atoms with Gasteiger partial charge in [-0.15, -0.1) is 12.3 Å². The highest BCUT2D eigenvalue weighted by Crippen LogP contribution is 2.05. The first kappa shape index (κ1) is 10.9. The molecule has 1 nitrogen and oxygen atoms in total. The van der Waals surface area contributed by atoms with E-state index >= 15 is 0 Å². The maximum absolute atomic E-state index is 5.18. The van der Waals surface area contributed by atoms with E-state index in [1.807, 2.05) is 18.8 Å². The minimum absolute atomic E-state index is 0.594. The molecular formula is C9H17NS. The number of thioether (sulfide) groups is 1. The van der Waals surface area contributed by atoms with Gasteiger partial charge in [0, 0.05) is 18.2 Å². The molecule has 0 aliphatic heterocycles. The van der Waals surface area contributed by atoms with Crippen molar-refractivity contribution in [2.24, 2.45) is 0 Å². The highest BCUT2D eigenvalue weighted by atomic mass is 32.2. The van der Waals surface area contributed by atoms with Crippen LogP contribution in [0.1, 0.15) is 19.8 Å². The Morgan fingerprint density at radius 1 is 1.64 bits per heavy atom. The largest absolute Gasteiger partial charge is 0.316 e. The van der Waals surface area contributed by atoms with Gasteiger partial charge in [0.15, 0.2) is 0 Å². The van der Waals surface area contributed by atoms with Crippen LogP contribution in [-0.2, 0) is 0 Å². The highest BCUT2D eigenvalue weighted by Gasteiger charge is 2.02. The summed E-state index contributed by atoms with van der Waals surface area (Å²) in [5.41, 5.74) is 0. The van der Waals surface area contributed by atoms with Crippen LogP contribution in [0.25, 0.3) is 0 Å². The fourth-order valence-corrected chi connectivity index (χ4v) is 1.68. The van der Waals surface area contributed by atoms with Gasteiger partial charge in [-0.2, -0.15) is 11.8 Å². The highest BCUT2D eigenvalue weighted by molar-refractivity contribution is 7.99. The molecule has 0 fully saturated rings. The van der Waals surface area contributed by atoms with E-state index in [1.165, 1.54) is 11.5 Å². The predicted molar refractivity (Wildman–Crippen MR) is 53.9 cm³/mol. The lowest BCUT2D eigenvalue weighted by Gasteiger charge is -2.13. The third-order valence-corrected chi connectivity index (χ3v) is 2.61. The number of rotatable bonds is 6. The summed E-state index contributed by atoms with van der Waals surface area (Å²) in [6, 6.07) is 0.594. The molecule has 0 saturated heterocycles. The molecule has 0 bridgehead atoms. The van der Waals surface area contributed by atoms with Gasteiger partial charge in [0.1, 0.15) is 0 Å². The molecule has 1 N–H and O–H groups in total. The molecule has 0 radical (unpaired) electrons. The van der Waals surface area contributed by atoms with Crippen LogP contribution >= 0.6 is 11.8 Å². The fraction of sp³-hybridized carbons (Fsp3) is 0.778. The molecule has 0 aromatic heterocycles. The first-order chi connectivity index (χ1) is 5.35. The molecular weight excluding hydrogens is 154 g/mol. The van der Waals surface area contributed by atoms with Gasteiger partial charge in [-0.05, 0) is 19.2 Å². The van der Waals surface area contributed by atoms with Gasteiger partial charge in [-0.1, -0.05) is 6.92 Å². The Balaban J connectivity index is 3.34. The Bertz CT molecular complexity index is 117. The van der Waals surface area contributed by atoms with E-state index in [-0.39, 0.29) is 0 Å². The summed E-state index contributed by atoms with van der Waals surface area (Å²) in [5, 5.41) is 3.26. The van der Waals surface area contributed by atoms with Gasteiger partial charge in [0.05, 0.1) is 0 Å². The van der Waals surface area contributed by atoms with Crippen molar-refractivity contribution in [3.8, 4) is 12.3 Å². The van der Waals surface area contributed by atoms with Gasteiger partial charge < -0.3 is 5.32 Å². The lowest BCUT2D eigenvalue weighted by Crippen LogP contribution is -2.27. The van der Waals surface area contributed by atoms with Crippen molar-refractivity contribution < 1.29 is 0 Å². The average molecular weight is 171 g/mol. The van der Waals surface area contributed by atoms with Gasteiger partial charge in [-0.3, -0.25) is 0 Å². The topological polar surface area (TPSA) is 12.0 Å². The lowest BCUT2D eigenvalue weighted by atomic mass is 10.2. The predicted octanol–water partition coefficient (Wildman–Crippen LogP) is 1.74. The molecule has 0 saturated carbocycles. The maximum Gasteiger partial charge on any atom is 0.0164 e. The van der Waals surface area contributed by atoms with Crippen molar-refractivity contribution in [3.05, 3.63) is 0 Å². The van der Waals surface area contributed by atoms with Gasteiger partial charge in [-0.25, -0.2) is 0 Å². The molecule has 1 unspecified atom stereocenters. The van der Waals surface area contributed by atoms with Gasteiger partial charge in [0.25, 0.3) is 0 Å². The molecule has 0 aliphatic carbocycles. The van der Waals surface area contributed by atoms with Crippen molar-refractivity contribution in [1.82, 2.24) is 5.32 Å². The summed E-state index contributed by atoms with van der Waals surface area (Å²) >= 11 is 1.96. The Kier molecular flexibility index (Phi) is 7.88. The van der Waals surface area contributed by atoms with Crippen molar-refractivity contribution in [1.29, 1.82) is 0 Å². The van der Waals surface area contributed by atoms with Crippen LogP contribution in [0.3, 0.4) is 0 Å². The molecule has 0 aliphatic rings. The third kappa shape index (κ3) is 6.28. The number of terminal acetylenes is 1. The molecule has 0 spiro atoms. The van der Waals surface area contributed by atoms with Gasteiger partial charge in [0.2, 0.25) is 0 Å². The average Bonchev–Trinajstić information content (AvgIpc) is 2.05. The second kappa shape index (κ2) is 7.97. The normalized spacial score (nSPS) is 12.5. The number of hydrogen-bond donors (Lipinski definition) is 1. The molecule has 0 heterocycles.